The molecular weight excluding hydrogens is 1250 g/mol. The van der Waals surface area contributed by atoms with Crippen molar-refractivity contribution in [3.63, 3.8) is 0 Å². The molecule has 0 saturated heterocycles. The van der Waals surface area contributed by atoms with Gasteiger partial charge in [0.2, 0.25) is 10.0 Å². The largest absolute Gasteiger partial charge is 1.00 e. The van der Waals surface area contributed by atoms with E-state index in [1.807, 2.05) is 0 Å². The number of phenolic OH excluding ortho intramolecular Hbond substituents is 1. The molecule has 0 aromatic heterocycles. The Balaban J connectivity index is 0.00000411. The molecule has 0 saturated carbocycles. The minimum absolute atomic E-state index is 0. The van der Waals surface area contributed by atoms with E-state index in [9.17, 15) is 82.7 Å². The van der Waals surface area contributed by atoms with Crippen molar-refractivity contribution >= 4 is 97.6 Å². The molecule has 8 rings (SSSR count). The van der Waals surface area contributed by atoms with E-state index in [4.69, 9.17) is 4.42 Å². The number of phenols is 2. The summed E-state index contributed by atoms with van der Waals surface area (Å²) in [7, 11) is -20.7. The van der Waals surface area contributed by atoms with Crippen LogP contribution in [-0.4, -0.2) is 70.9 Å². The topological polar surface area (TPSA) is 405 Å². The number of carbonyl (C=O) groups excluding carboxylic acids is 3. The van der Waals surface area contributed by atoms with E-state index >= 15 is 0 Å². The third-order valence-corrected chi connectivity index (χ3v) is 17.0. The van der Waals surface area contributed by atoms with Gasteiger partial charge in [0.1, 0.15) is 36.6 Å². The minimum Gasteiger partial charge on any atom is -0.744 e. The number of carbonyl (C=O) groups is 3. The number of nitrogens with one attached hydrogen (secondary N) is 3. The second-order valence-corrected chi connectivity index (χ2v) is 23.8. The van der Waals surface area contributed by atoms with Gasteiger partial charge < -0.3 is 58.8 Å². The van der Waals surface area contributed by atoms with Crippen LogP contribution in [0.3, 0.4) is 0 Å². The van der Waals surface area contributed by atoms with Crippen LogP contribution in [0.1, 0.15) is 64.5 Å². The summed E-state index contributed by atoms with van der Waals surface area (Å²) in [5.74, 6) is -8.37. The number of carboxylic acid groups (broad SMARTS) is 3. The zero-order chi connectivity index (χ0) is 58.2. The van der Waals surface area contributed by atoms with Crippen LogP contribution in [0.4, 0.5) is 28.4 Å². The Hall–Kier alpha value is -2.86. The molecule has 6 aromatic rings. The molecule has 0 radical (unpaired) electrons. The van der Waals surface area contributed by atoms with Crippen molar-refractivity contribution in [3.05, 3.63) is 152 Å². The van der Waals surface area contributed by atoms with E-state index in [-0.39, 0.29) is 256 Å². The summed E-state index contributed by atoms with van der Waals surface area (Å²) >= 11 is 0. The first-order valence-electron chi connectivity index (χ1n) is 22.5. The van der Waals surface area contributed by atoms with Crippen molar-refractivity contribution in [3.8, 4) is 33.9 Å². The van der Waals surface area contributed by atoms with Crippen molar-refractivity contribution in [1.29, 1.82) is 0 Å². The summed E-state index contributed by atoms with van der Waals surface area (Å²) in [6, 6.07) is 20.0. The minimum atomic E-state index is -5.57. The number of anilines is 4. The van der Waals surface area contributed by atoms with Gasteiger partial charge in [0.05, 0.1) is 44.1 Å². The smallest absolute Gasteiger partial charge is 0.744 e. The second-order valence-electron chi connectivity index (χ2n) is 17.8. The fraction of sp³-hybridized carbons (Fsp3) is 0.115. The van der Waals surface area contributed by atoms with E-state index in [1.165, 1.54) is 57.2 Å². The van der Waals surface area contributed by atoms with Crippen LogP contribution in [0.25, 0.3) is 33.4 Å². The molecule has 2 aliphatic rings. The van der Waals surface area contributed by atoms with Crippen LogP contribution >= 0.6 is 0 Å². The third-order valence-electron chi connectivity index (χ3n) is 12.5. The molecule has 1 aliphatic heterocycles. The molecule has 0 atom stereocenters. The second kappa shape index (κ2) is 29.8. The van der Waals surface area contributed by atoms with E-state index in [1.54, 1.807) is 26.8 Å². The predicted octanol–water partition coefficient (Wildman–Crippen LogP) is -14.4. The van der Waals surface area contributed by atoms with Crippen molar-refractivity contribution in [2.45, 2.75) is 61.1 Å². The summed E-state index contributed by atoms with van der Waals surface area (Å²) in [6.45, 7) is 9.05. The normalized spacial score (nSPS) is 11.6. The van der Waals surface area contributed by atoms with Gasteiger partial charge in [-0.1, -0.05) is 47.0 Å². The zero-order valence-corrected chi connectivity index (χ0v) is 62.8. The molecule has 0 bridgehead atoms. The molecule has 0 spiro atoms. The van der Waals surface area contributed by atoms with Crippen LogP contribution in [0.5, 0.6) is 11.5 Å². The van der Waals surface area contributed by atoms with Gasteiger partial charge >= 0.3 is 177 Å². The molecule has 1 aliphatic carbocycles. The van der Waals surface area contributed by atoms with Crippen molar-refractivity contribution in [2.75, 3.05) is 14.8 Å². The molecule has 1 heterocycles. The first-order chi connectivity index (χ1) is 36.7. The van der Waals surface area contributed by atoms with Gasteiger partial charge in [-0.3, -0.25) is 9.44 Å². The number of aromatic carboxylic acids is 3. The average Bonchev–Trinajstić information content (AvgIpc) is 3.35. The average molecular weight is 1290 g/mol. The predicted molar refractivity (Wildman–Crippen MR) is 273 cm³/mol. The van der Waals surface area contributed by atoms with Crippen molar-refractivity contribution in [2.24, 2.45) is 4.99 Å². The number of nitrogens with zero attached hydrogens (tertiary/aromatic N) is 1. The summed E-state index contributed by atoms with van der Waals surface area (Å²) in [5, 5.41) is 58.6. The van der Waals surface area contributed by atoms with Crippen molar-refractivity contribution in [1.82, 2.24) is 0 Å². The van der Waals surface area contributed by atoms with Gasteiger partial charge in [0.25, 0.3) is 10.0 Å². The number of fused-ring (bicyclic) bond motifs is 2. The monoisotopic (exact) mass is 1290 g/mol. The van der Waals surface area contributed by atoms with Gasteiger partial charge in [0, 0.05) is 45.1 Å². The number of benzene rings is 7. The van der Waals surface area contributed by atoms with E-state index < -0.39 is 111 Å². The molecular formula is C52H37N4Na6O19S4-. The Morgan fingerprint density at radius 3 is 1.65 bits per heavy atom. The van der Waals surface area contributed by atoms with Crippen LogP contribution in [0.2, 0.25) is 0 Å². The molecule has 23 nitrogen and oxygen atoms in total. The summed E-state index contributed by atoms with van der Waals surface area (Å²) < 4.78 is 144. The Kier molecular flexibility index (Phi) is 27.5. The molecule has 5 N–H and O–H groups in total. The Bertz CT molecular complexity index is 4550. The molecule has 0 unspecified atom stereocenters. The fourth-order valence-electron chi connectivity index (χ4n) is 8.94. The molecule has 0 amide bonds. The number of sulfonamides is 2. The Morgan fingerprint density at radius 1 is 0.553 bits per heavy atom. The van der Waals surface area contributed by atoms with Crippen LogP contribution < -0.4 is 213 Å². The molecule has 410 valence electrons. The quantitative estimate of drug-likeness (QED) is 0.0275. The summed E-state index contributed by atoms with van der Waals surface area (Å²) in [4.78, 5) is 35.7. The van der Waals surface area contributed by atoms with E-state index in [0.29, 0.717) is 35.0 Å². The number of hydrogen-bond donors (Lipinski definition) is 5. The van der Waals surface area contributed by atoms with Gasteiger partial charge in [-0.15, -0.1) is 23.8 Å². The molecule has 85 heavy (non-hydrogen) atoms. The standard InChI is InChI=1S/C52H42N4O19S4.6Na/c1-23-15-25(3)47(55-76(65,66)42-18-29(50(59)60)11-14-37(42)57)27(5)45(23)53-31-12-13-32-38(20-31)75-39-22-36(41(79(72,73)74)21-34(39)44(32)33-9-7-8-10-40(33)78(69,70)71)54-46-24(2)16-26(4)48(28(46)6)56-77(67,68)43-19-30(51(61)62)17-35(49(43)58)52(63)64;;;;;;/h7-11,13,15-22,53,55-58H,1-6H3,(H,59,60)(H,61,62)(H,63,64)(H,69,70,71)(H,72,73,74);;;;;;/q-2;6*+1/p-5. The maximum atomic E-state index is 13.9. The Morgan fingerprint density at radius 2 is 1.08 bits per heavy atom. The zero-order valence-electron chi connectivity index (χ0n) is 47.5. The fourth-order valence-corrected chi connectivity index (χ4v) is 12.9. The van der Waals surface area contributed by atoms with Gasteiger partial charge in [0.15, 0.2) is 0 Å². The maximum Gasteiger partial charge on any atom is 1.00 e. The number of aryl methyl sites for hydroxylation is 4. The maximum absolute atomic E-state index is 13.9. The van der Waals surface area contributed by atoms with Crippen LogP contribution in [0.15, 0.2) is 114 Å². The SMILES string of the molecule is Cc1cc(C)c(NS(=O)(=O)c2cc(C(=O)[O-])cc(C(=O)[O-])c2O)c(C)c1N=c1cc2oc3cc(Nc4c(C)cc(C)c(NS(=O)(=O)c5cc(C(=O)[O-])c[c-]c5O)c4C)[c-]cc3c(-c3ccccc3S(=O)(=O)[O-])c-2cc1S(=O)(=O)[O-].[Na+].[Na+].[Na+].[Na+].[Na+].[Na+]. The molecule has 0 fully saturated rings. The van der Waals surface area contributed by atoms with Crippen molar-refractivity contribution < 1.29 is 264 Å². The summed E-state index contributed by atoms with van der Waals surface area (Å²) in [6.07, 6.45) is 0. The number of hydrogen-bond acceptors (Lipinski definition) is 21. The number of rotatable bonds is 15. The van der Waals surface area contributed by atoms with Crippen LogP contribution in [-0.2, 0) is 40.3 Å². The van der Waals surface area contributed by atoms with Gasteiger partial charge in [-0.05, 0) is 110 Å². The first kappa shape index (κ1) is 78.2. The summed E-state index contributed by atoms with van der Waals surface area (Å²) in [5.41, 5.74) is -1.86. The van der Waals surface area contributed by atoms with E-state index in [2.05, 4.69) is 31.9 Å². The first-order valence-corrected chi connectivity index (χ1v) is 28.3. The van der Waals surface area contributed by atoms with Gasteiger partial charge in [-0.25, -0.2) is 38.7 Å². The number of carboxylic acids is 3. The molecule has 33 heteroatoms. The van der Waals surface area contributed by atoms with E-state index in [0.717, 1.165) is 24.3 Å². The Labute approximate surface area is 620 Å². The van der Waals surface area contributed by atoms with Crippen LogP contribution in [0, 0.1) is 53.7 Å². The molecule has 6 aromatic carbocycles. The third kappa shape index (κ3) is 16.4. The number of aromatic hydroxyl groups is 2. The van der Waals surface area contributed by atoms with Gasteiger partial charge in [-0.2, -0.15) is 18.2 Å².